The minimum Gasteiger partial charge on any atom is -0.496 e. The summed E-state index contributed by atoms with van der Waals surface area (Å²) in [5.74, 6) is -1.50. The van der Waals surface area contributed by atoms with Crippen molar-refractivity contribution in [3.8, 4) is 17.0 Å². The molecule has 2 aromatic heterocycles. The molecule has 0 unspecified atom stereocenters. The van der Waals surface area contributed by atoms with Crippen molar-refractivity contribution >= 4 is 16.9 Å². The van der Waals surface area contributed by atoms with E-state index in [-0.39, 0.29) is 33.9 Å². The van der Waals surface area contributed by atoms with Crippen molar-refractivity contribution in [1.82, 2.24) is 19.4 Å². The van der Waals surface area contributed by atoms with Crippen molar-refractivity contribution in [1.29, 1.82) is 0 Å². The molecule has 33 heavy (non-hydrogen) atoms. The van der Waals surface area contributed by atoms with E-state index in [9.17, 15) is 26.7 Å². The Balaban J connectivity index is 1.80. The molecule has 0 radical (unpaired) electrons. The fourth-order valence-corrected chi connectivity index (χ4v) is 3.75. The van der Waals surface area contributed by atoms with Crippen LogP contribution in [0.4, 0.5) is 22.0 Å². The number of hydrogen-bond acceptors (Lipinski definition) is 5. The molecule has 12 heteroatoms. The average Bonchev–Trinajstić information content (AvgIpc) is 3.17. The standard InChI is InChI=1S/C21H19F5N4O3/c1-32-15-10-12(2-3-13(15)19(31)29-6-8-33-9-7-29)17-18-14(4-5-27-17)30(11-16(22)23)20(28-18)21(24,25)26/h2-5,10,16H,6-9,11H2,1H3. The Kier molecular flexibility index (Phi) is 6.19. The summed E-state index contributed by atoms with van der Waals surface area (Å²) in [5.41, 5.74) is 0.343. The van der Waals surface area contributed by atoms with E-state index in [1.165, 1.54) is 37.6 Å². The molecule has 1 saturated heterocycles. The molecule has 1 fully saturated rings. The average molecular weight is 470 g/mol. The molecule has 3 aromatic rings. The van der Waals surface area contributed by atoms with E-state index in [2.05, 4.69) is 9.97 Å². The maximum absolute atomic E-state index is 13.5. The molecular formula is C21H19F5N4O3. The van der Waals surface area contributed by atoms with Crippen LogP contribution in [0.3, 0.4) is 0 Å². The maximum atomic E-state index is 13.5. The third-order valence-corrected chi connectivity index (χ3v) is 5.24. The normalized spacial score (nSPS) is 14.8. The number of ether oxygens (including phenoxy) is 2. The van der Waals surface area contributed by atoms with E-state index >= 15 is 0 Å². The first-order chi connectivity index (χ1) is 15.7. The van der Waals surface area contributed by atoms with Crippen LogP contribution >= 0.6 is 0 Å². The van der Waals surface area contributed by atoms with Crippen LogP contribution in [0.5, 0.6) is 5.75 Å². The molecule has 7 nitrogen and oxygen atoms in total. The van der Waals surface area contributed by atoms with Crippen molar-refractivity contribution in [3.05, 3.63) is 41.9 Å². The molecule has 0 N–H and O–H groups in total. The molecule has 0 atom stereocenters. The molecule has 0 saturated carbocycles. The smallest absolute Gasteiger partial charge is 0.449 e. The van der Waals surface area contributed by atoms with E-state index in [1.807, 2.05) is 0 Å². The molecule has 0 aliphatic carbocycles. The Bertz CT molecular complexity index is 1170. The zero-order valence-electron chi connectivity index (χ0n) is 17.4. The minimum atomic E-state index is -4.93. The number of pyridine rings is 1. The second kappa shape index (κ2) is 8.93. The van der Waals surface area contributed by atoms with Gasteiger partial charge in [0.25, 0.3) is 12.3 Å². The van der Waals surface area contributed by atoms with E-state index < -0.39 is 25.0 Å². The van der Waals surface area contributed by atoms with Crippen LogP contribution in [0, 0.1) is 0 Å². The molecule has 0 spiro atoms. The monoisotopic (exact) mass is 470 g/mol. The number of nitrogens with zero attached hydrogens (tertiary/aromatic N) is 4. The highest BCUT2D eigenvalue weighted by Crippen LogP contribution is 2.36. The van der Waals surface area contributed by atoms with Gasteiger partial charge in [-0.05, 0) is 18.2 Å². The Labute approximate surface area is 184 Å². The van der Waals surface area contributed by atoms with Gasteiger partial charge in [-0.3, -0.25) is 9.78 Å². The first-order valence-corrected chi connectivity index (χ1v) is 9.96. The van der Waals surface area contributed by atoms with E-state index in [0.29, 0.717) is 36.4 Å². The van der Waals surface area contributed by atoms with Crippen LogP contribution in [0.25, 0.3) is 22.3 Å². The fraction of sp³-hybridized carbons (Fsp3) is 0.381. The largest absolute Gasteiger partial charge is 0.496 e. The molecule has 1 aliphatic heterocycles. The lowest BCUT2D eigenvalue weighted by atomic mass is 10.0. The van der Waals surface area contributed by atoms with Crippen LogP contribution in [-0.2, 0) is 17.5 Å². The predicted octanol–water partition coefficient (Wildman–Crippen LogP) is 3.86. The Hall–Kier alpha value is -3.28. The summed E-state index contributed by atoms with van der Waals surface area (Å²) in [4.78, 5) is 22.2. The molecule has 1 amide bonds. The number of alkyl halides is 5. The van der Waals surface area contributed by atoms with Gasteiger partial charge in [0.15, 0.2) is 0 Å². The van der Waals surface area contributed by atoms with Gasteiger partial charge in [-0.25, -0.2) is 13.8 Å². The Morgan fingerprint density at radius 3 is 2.58 bits per heavy atom. The first kappa shape index (κ1) is 22.9. The zero-order chi connectivity index (χ0) is 23.8. The van der Waals surface area contributed by atoms with Gasteiger partial charge in [0.1, 0.15) is 11.3 Å². The summed E-state index contributed by atoms with van der Waals surface area (Å²) in [5, 5.41) is 0. The van der Waals surface area contributed by atoms with Crippen molar-refractivity contribution in [3.63, 3.8) is 0 Å². The lowest BCUT2D eigenvalue weighted by Gasteiger charge is -2.27. The Morgan fingerprint density at radius 2 is 1.94 bits per heavy atom. The van der Waals surface area contributed by atoms with Gasteiger partial charge >= 0.3 is 6.18 Å². The predicted molar refractivity (Wildman–Crippen MR) is 107 cm³/mol. The molecule has 3 heterocycles. The molecule has 4 rings (SSSR count). The van der Waals surface area contributed by atoms with Crippen LogP contribution in [0.15, 0.2) is 30.5 Å². The second-order valence-electron chi connectivity index (χ2n) is 7.28. The van der Waals surface area contributed by atoms with Crippen molar-refractivity contribution < 1.29 is 36.2 Å². The highest BCUT2D eigenvalue weighted by molar-refractivity contribution is 5.98. The van der Waals surface area contributed by atoms with Gasteiger partial charge in [-0.15, -0.1) is 0 Å². The number of morpholine rings is 1. The number of rotatable bonds is 5. The molecule has 1 aromatic carbocycles. The first-order valence-electron chi connectivity index (χ1n) is 9.96. The van der Waals surface area contributed by atoms with Gasteiger partial charge in [-0.1, -0.05) is 6.07 Å². The number of carbonyl (C=O) groups excluding carboxylic acids is 1. The lowest BCUT2D eigenvalue weighted by Crippen LogP contribution is -2.40. The number of halogens is 5. The highest BCUT2D eigenvalue weighted by Gasteiger charge is 2.38. The summed E-state index contributed by atoms with van der Waals surface area (Å²) in [6, 6.07) is 5.68. The van der Waals surface area contributed by atoms with Crippen LogP contribution in [-0.4, -0.2) is 65.2 Å². The number of fused-ring (bicyclic) bond motifs is 1. The third kappa shape index (κ3) is 4.47. The minimum absolute atomic E-state index is 0.0506. The fourth-order valence-electron chi connectivity index (χ4n) is 3.75. The van der Waals surface area contributed by atoms with E-state index in [0.717, 1.165) is 0 Å². The summed E-state index contributed by atoms with van der Waals surface area (Å²) < 4.78 is 77.5. The van der Waals surface area contributed by atoms with Gasteiger partial charge in [0, 0.05) is 24.8 Å². The van der Waals surface area contributed by atoms with Crippen molar-refractivity contribution in [2.45, 2.75) is 19.1 Å². The number of methoxy groups -OCH3 is 1. The molecule has 0 bridgehead atoms. The van der Waals surface area contributed by atoms with Gasteiger partial charge in [-0.2, -0.15) is 13.2 Å². The quantitative estimate of drug-likeness (QED) is 0.530. The number of benzene rings is 1. The summed E-state index contributed by atoms with van der Waals surface area (Å²) in [7, 11) is 1.36. The second-order valence-corrected chi connectivity index (χ2v) is 7.28. The topological polar surface area (TPSA) is 69.5 Å². The van der Waals surface area contributed by atoms with Crippen molar-refractivity contribution in [2.75, 3.05) is 33.4 Å². The van der Waals surface area contributed by atoms with Gasteiger partial charge in [0.2, 0.25) is 5.82 Å². The summed E-state index contributed by atoms with van der Waals surface area (Å²) in [6.07, 6.45) is -6.72. The molecule has 176 valence electrons. The lowest BCUT2D eigenvalue weighted by molar-refractivity contribution is -0.147. The zero-order valence-corrected chi connectivity index (χ0v) is 17.4. The van der Waals surface area contributed by atoms with Crippen LogP contribution in [0.1, 0.15) is 16.2 Å². The van der Waals surface area contributed by atoms with Crippen LogP contribution < -0.4 is 4.74 Å². The molecular weight excluding hydrogens is 451 g/mol. The number of amides is 1. The number of aromatic nitrogens is 3. The maximum Gasteiger partial charge on any atom is 0.449 e. The van der Waals surface area contributed by atoms with Crippen LogP contribution in [0.2, 0.25) is 0 Å². The third-order valence-electron chi connectivity index (χ3n) is 5.24. The number of hydrogen-bond donors (Lipinski definition) is 0. The Morgan fingerprint density at radius 1 is 1.21 bits per heavy atom. The van der Waals surface area contributed by atoms with E-state index in [4.69, 9.17) is 9.47 Å². The molecule has 1 aliphatic rings. The number of carbonyl (C=O) groups is 1. The SMILES string of the molecule is COc1cc(-c2nccc3c2nc(C(F)(F)F)n3CC(F)F)ccc1C(=O)N1CCOCC1. The van der Waals surface area contributed by atoms with Crippen molar-refractivity contribution in [2.24, 2.45) is 0 Å². The van der Waals surface area contributed by atoms with Gasteiger partial charge < -0.3 is 18.9 Å². The summed E-state index contributed by atoms with van der Waals surface area (Å²) >= 11 is 0. The number of imidazole rings is 1. The summed E-state index contributed by atoms with van der Waals surface area (Å²) in [6.45, 7) is 0.519. The van der Waals surface area contributed by atoms with E-state index in [1.54, 1.807) is 4.90 Å². The highest BCUT2D eigenvalue weighted by atomic mass is 19.4. The van der Waals surface area contributed by atoms with Gasteiger partial charge in [0.05, 0.1) is 43.6 Å².